The molecule has 0 bridgehead atoms. The number of furan rings is 1. The molecule has 1 saturated heterocycles. The number of ether oxygens (including phenoxy) is 1. The topological polar surface area (TPSA) is 80.1 Å². The zero-order valence-electron chi connectivity index (χ0n) is 18.9. The Bertz CT molecular complexity index is 1090. The molecule has 1 aliphatic carbocycles. The number of imide groups is 1. The molecule has 1 aromatic heterocycles. The molecule has 3 amide bonds. The van der Waals surface area contributed by atoms with Gasteiger partial charge in [0.15, 0.2) is 6.73 Å². The number of hydrogen-bond acceptors (Lipinski definition) is 5. The molecule has 8 heteroatoms. The van der Waals surface area contributed by atoms with Crippen molar-refractivity contribution in [2.45, 2.75) is 33.7 Å². The highest BCUT2D eigenvalue weighted by molar-refractivity contribution is 6.02. The van der Waals surface area contributed by atoms with E-state index < -0.39 is 36.0 Å². The van der Waals surface area contributed by atoms with Crippen LogP contribution in [0.3, 0.4) is 0 Å². The minimum absolute atomic E-state index is 0.100. The van der Waals surface area contributed by atoms with Gasteiger partial charge < -0.3 is 14.1 Å². The van der Waals surface area contributed by atoms with Gasteiger partial charge in [-0.15, -0.1) is 0 Å². The van der Waals surface area contributed by atoms with Crippen molar-refractivity contribution >= 4 is 17.9 Å². The molecule has 4 rings (SSSR count). The van der Waals surface area contributed by atoms with Crippen LogP contribution in [-0.4, -0.2) is 41.0 Å². The third-order valence-corrected chi connectivity index (χ3v) is 6.34. The van der Waals surface area contributed by atoms with E-state index in [4.69, 9.17) is 9.15 Å². The number of hydrogen-bond donors (Lipinski definition) is 0. The Hall–Kier alpha value is -3.42. The molecule has 7 nitrogen and oxygen atoms in total. The van der Waals surface area contributed by atoms with Crippen LogP contribution < -0.4 is 0 Å². The number of allylic oxidation sites excluding steroid dienone is 2. The van der Waals surface area contributed by atoms with Crippen LogP contribution in [0.4, 0.5) is 9.18 Å². The minimum Gasteiger partial charge on any atom is -0.469 e. The Balaban J connectivity index is 1.31. The first kappa shape index (κ1) is 22.8. The standard InChI is InChI=1S/C25H27FN2O5/c1-16(26)9-20-22(25(20,2)3)23(30)33-15-28-21(29)13-27(24(28)31)12-18-11-19(32-14-18)10-17-7-5-4-6-8-17/h4-9,11,14,20,22H,10,12-13,15H2,1-3H3/b16-9+. The summed E-state index contributed by atoms with van der Waals surface area (Å²) in [5.41, 5.74) is 1.46. The molecule has 174 valence electrons. The van der Waals surface area contributed by atoms with E-state index in [9.17, 15) is 18.8 Å². The normalized spacial score (nSPS) is 22.1. The summed E-state index contributed by atoms with van der Waals surface area (Å²) in [7, 11) is 0. The lowest BCUT2D eigenvalue weighted by atomic mass is 10.1. The average molecular weight is 454 g/mol. The van der Waals surface area contributed by atoms with Crippen LogP contribution in [-0.2, 0) is 27.3 Å². The Morgan fingerprint density at radius 3 is 2.67 bits per heavy atom. The number of amides is 3. The number of benzene rings is 1. The van der Waals surface area contributed by atoms with E-state index in [-0.39, 0.29) is 24.8 Å². The molecule has 1 aliphatic heterocycles. The van der Waals surface area contributed by atoms with Gasteiger partial charge in [-0.1, -0.05) is 44.2 Å². The quantitative estimate of drug-likeness (QED) is 0.439. The summed E-state index contributed by atoms with van der Waals surface area (Å²) in [6.45, 7) is 4.71. The van der Waals surface area contributed by atoms with Gasteiger partial charge in [-0.3, -0.25) is 9.59 Å². The first-order chi connectivity index (χ1) is 15.7. The lowest BCUT2D eigenvalue weighted by Crippen LogP contribution is -2.35. The van der Waals surface area contributed by atoms with E-state index in [2.05, 4.69) is 0 Å². The highest BCUT2D eigenvalue weighted by atomic mass is 19.1. The van der Waals surface area contributed by atoms with Crippen molar-refractivity contribution < 1.29 is 27.9 Å². The summed E-state index contributed by atoms with van der Waals surface area (Å²) >= 11 is 0. The third-order valence-electron chi connectivity index (χ3n) is 6.34. The zero-order chi connectivity index (χ0) is 23.8. The van der Waals surface area contributed by atoms with E-state index >= 15 is 0 Å². The van der Waals surface area contributed by atoms with Gasteiger partial charge in [-0.2, -0.15) is 0 Å². The summed E-state index contributed by atoms with van der Waals surface area (Å²) in [6.07, 6.45) is 3.62. The number of esters is 1. The highest BCUT2D eigenvalue weighted by Gasteiger charge is 2.61. The van der Waals surface area contributed by atoms with Gasteiger partial charge >= 0.3 is 12.0 Å². The van der Waals surface area contributed by atoms with Crippen molar-refractivity contribution in [3.8, 4) is 0 Å². The lowest BCUT2D eigenvalue weighted by Gasteiger charge is -2.16. The second kappa shape index (κ2) is 8.84. The zero-order valence-corrected chi connectivity index (χ0v) is 18.9. The fourth-order valence-electron chi connectivity index (χ4n) is 4.37. The molecule has 0 radical (unpaired) electrons. The molecule has 2 fully saturated rings. The fourth-order valence-corrected chi connectivity index (χ4v) is 4.37. The van der Waals surface area contributed by atoms with E-state index in [1.165, 1.54) is 17.9 Å². The van der Waals surface area contributed by atoms with Crippen molar-refractivity contribution in [2.24, 2.45) is 17.3 Å². The lowest BCUT2D eigenvalue weighted by molar-refractivity contribution is -0.151. The summed E-state index contributed by atoms with van der Waals surface area (Å²) in [5, 5.41) is 0. The molecule has 2 aliphatic rings. The summed E-state index contributed by atoms with van der Waals surface area (Å²) in [6, 6.07) is 11.2. The maximum atomic E-state index is 13.2. The molecular weight excluding hydrogens is 427 g/mol. The van der Waals surface area contributed by atoms with Crippen molar-refractivity contribution in [3.63, 3.8) is 0 Å². The fraction of sp³-hybridized carbons (Fsp3) is 0.400. The number of urea groups is 1. The maximum absolute atomic E-state index is 13.2. The molecule has 1 saturated carbocycles. The van der Waals surface area contributed by atoms with Gasteiger partial charge in [0.2, 0.25) is 0 Å². The van der Waals surface area contributed by atoms with E-state index in [0.717, 1.165) is 21.8 Å². The Labute approximate surface area is 191 Å². The Kier molecular flexibility index (Phi) is 6.10. The summed E-state index contributed by atoms with van der Waals surface area (Å²) < 4.78 is 24.1. The minimum atomic E-state index is -0.540. The number of nitrogens with zero attached hydrogens (tertiary/aromatic N) is 2. The number of carbonyl (C=O) groups excluding carboxylic acids is 3. The predicted octanol–water partition coefficient (Wildman–Crippen LogP) is 4.28. The molecule has 2 heterocycles. The number of rotatable bonds is 8. The van der Waals surface area contributed by atoms with Crippen LogP contribution in [0.1, 0.15) is 37.7 Å². The molecular formula is C25H27FN2O5. The van der Waals surface area contributed by atoms with E-state index in [1.807, 2.05) is 50.2 Å². The predicted molar refractivity (Wildman–Crippen MR) is 117 cm³/mol. The monoisotopic (exact) mass is 454 g/mol. The average Bonchev–Trinajstić information content (AvgIpc) is 3.03. The molecule has 0 spiro atoms. The van der Waals surface area contributed by atoms with Gasteiger partial charge in [0.1, 0.15) is 12.3 Å². The molecule has 33 heavy (non-hydrogen) atoms. The number of halogens is 1. The Morgan fingerprint density at radius 2 is 1.97 bits per heavy atom. The first-order valence-electron chi connectivity index (χ1n) is 10.9. The van der Waals surface area contributed by atoms with Crippen LogP contribution >= 0.6 is 0 Å². The number of carbonyl (C=O) groups is 3. The van der Waals surface area contributed by atoms with Crippen LogP contribution in [0.2, 0.25) is 0 Å². The molecule has 0 N–H and O–H groups in total. The third kappa shape index (κ3) is 4.84. The van der Waals surface area contributed by atoms with Gasteiger partial charge in [-0.05, 0) is 36.0 Å². The molecule has 2 atom stereocenters. The second-order valence-electron chi connectivity index (χ2n) is 9.21. The van der Waals surface area contributed by atoms with E-state index in [0.29, 0.717) is 6.42 Å². The van der Waals surface area contributed by atoms with Crippen LogP contribution in [0, 0.1) is 17.3 Å². The van der Waals surface area contributed by atoms with Crippen LogP contribution in [0.15, 0.2) is 59.0 Å². The Morgan fingerprint density at radius 1 is 1.24 bits per heavy atom. The highest BCUT2D eigenvalue weighted by Crippen LogP contribution is 2.59. The van der Waals surface area contributed by atoms with Gasteiger partial charge in [0, 0.05) is 12.0 Å². The van der Waals surface area contributed by atoms with Crippen molar-refractivity contribution in [3.05, 3.63) is 71.5 Å². The largest absolute Gasteiger partial charge is 0.469 e. The second-order valence-corrected chi connectivity index (χ2v) is 9.21. The summed E-state index contributed by atoms with van der Waals surface area (Å²) in [5.74, 6) is -1.33. The first-order valence-corrected chi connectivity index (χ1v) is 10.9. The summed E-state index contributed by atoms with van der Waals surface area (Å²) in [4.78, 5) is 39.8. The van der Waals surface area contributed by atoms with E-state index in [1.54, 1.807) is 6.26 Å². The molecule has 2 unspecified atom stereocenters. The maximum Gasteiger partial charge on any atom is 0.330 e. The van der Waals surface area contributed by atoms with Gasteiger partial charge in [0.25, 0.3) is 5.91 Å². The van der Waals surface area contributed by atoms with Gasteiger partial charge in [0.05, 0.1) is 24.6 Å². The van der Waals surface area contributed by atoms with Crippen molar-refractivity contribution in [1.29, 1.82) is 0 Å². The van der Waals surface area contributed by atoms with Crippen molar-refractivity contribution in [2.75, 3.05) is 13.3 Å². The van der Waals surface area contributed by atoms with Gasteiger partial charge in [-0.25, -0.2) is 14.1 Å². The van der Waals surface area contributed by atoms with Crippen LogP contribution in [0.5, 0.6) is 0 Å². The molecule has 1 aromatic carbocycles. The molecule has 2 aromatic rings. The van der Waals surface area contributed by atoms with Crippen molar-refractivity contribution in [1.82, 2.24) is 9.80 Å². The SMILES string of the molecule is C/C(F)=C\C1C(C(=O)OCN2C(=O)CN(Cc3coc(Cc4ccccc4)c3)C2=O)C1(C)C. The smallest absolute Gasteiger partial charge is 0.330 e. The van der Waals surface area contributed by atoms with Crippen LogP contribution in [0.25, 0.3) is 0 Å².